The second kappa shape index (κ2) is 4.75. The van der Waals surface area contributed by atoms with Gasteiger partial charge in [0.15, 0.2) is 0 Å². The maximum Gasteiger partial charge on any atom is 0.133 e. The van der Waals surface area contributed by atoms with Gasteiger partial charge in [0.2, 0.25) is 0 Å². The lowest BCUT2D eigenvalue weighted by molar-refractivity contribution is -0.107. The van der Waals surface area contributed by atoms with Crippen LogP contribution in [-0.2, 0) is 4.79 Å². The van der Waals surface area contributed by atoms with Crippen LogP contribution >= 0.6 is 0 Å². The third-order valence-electron chi connectivity index (χ3n) is 3.27. The molecular weight excluding hydrogens is 162 g/mol. The number of rotatable bonds is 5. The normalized spacial score (nSPS) is 19.2. The van der Waals surface area contributed by atoms with Crippen molar-refractivity contribution in [3.63, 3.8) is 0 Å². The smallest absolute Gasteiger partial charge is 0.133 e. The zero-order valence-electron chi connectivity index (χ0n) is 8.81. The van der Waals surface area contributed by atoms with E-state index in [1.165, 1.54) is 25.7 Å². The number of nitrogens with one attached hydrogen (secondary N) is 1. The first-order valence-corrected chi connectivity index (χ1v) is 5.31. The Bertz CT molecular complexity index is 159. The van der Waals surface area contributed by atoms with Gasteiger partial charge < -0.3 is 10.1 Å². The molecular formula is C11H21NO. The Morgan fingerprint density at radius 1 is 1.38 bits per heavy atom. The Morgan fingerprint density at radius 2 is 2.00 bits per heavy atom. The first kappa shape index (κ1) is 10.7. The van der Waals surface area contributed by atoms with Gasteiger partial charge in [-0.05, 0) is 24.2 Å². The Morgan fingerprint density at radius 3 is 2.54 bits per heavy atom. The molecule has 1 saturated carbocycles. The lowest BCUT2D eigenvalue weighted by Gasteiger charge is -2.31. The summed E-state index contributed by atoms with van der Waals surface area (Å²) >= 11 is 0. The summed E-state index contributed by atoms with van der Waals surface area (Å²) in [7, 11) is 0. The second-order valence-corrected chi connectivity index (χ2v) is 4.77. The molecule has 0 aromatic carbocycles. The summed E-state index contributed by atoms with van der Waals surface area (Å²) in [5.74, 6) is 0.853. The monoisotopic (exact) mass is 183 g/mol. The van der Waals surface area contributed by atoms with Gasteiger partial charge in [0, 0.05) is 6.54 Å². The third-order valence-corrected chi connectivity index (χ3v) is 3.27. The van der Waals surface area contributed by atoms with E-state index in [0.717, 1.165) is 18.7 Å². The van der Waals surface area contributed by atoms with Crippen molar-refractivity contribution in [2.75, 3.05) is 13.1 Å². The summed E-state index contributed by atoms with van der Waals surface area (Å²) in [5, 5.41) is 3.18. The number of carbonyl (C=O) groups excluding carboxylic acids is 1. The van der Waals surface area contributed by atoms with Crippen molar-refractivity contribution < 1.29 is 4.79 Å². The molecule has 0 aliphatic heterocycles. The Labute approximate surface area is 81.1 Å². The van der Waals surface area contributed by atoms with Crippen LogP contribution in [0, 0.1) is 11.3 Å². The van der Waals surface area contributed by atoms with Crippen LogP contribution in [0.25, 0.3) is 0 Å². The number of aldehydes is 1. The summed E-state index contributed by atoms with van der Waals surface area (Å²) in [6.07, 6.45) is 6.46. The van der Waals surface area contributed by atoms with Crippen LogP contribution in [0.1, 0.15) is 39.5 Å². The summed E-state index contributed by atoms with van der Waals surface area (Å²) in [6.45, 7) is 6.08. The van der Waals surface area contributed by atoms with E-state index in [1.807, 2.05) is 0 Å². The van der Waals surface area contributed by atoms with Crippen LogP contribution < -0.4 is 5.32 Å². The largest absolute Gasteiger partial charge is 0.310 e. The van der Waals surface area contributed by atoms with Crippen molar-refractivity contribution in [2.24, 2.45) is 11.3 Å². The van der Waals surface area contributed by atoms with Crippen molar-refractivity contribution in [1.82, 2.24) is 5.32 Å². The highest BCUT2D eigenvalue weighted by Crippen LogP contribution is 2.38. The van der Waals surface area contributed by atoms with Crippen LogP contribution in [-0.4, -0.2) is 19.4 Å². The maximum absolute atomic E-state index is 10.1. The molecule has 2 nitrogen and oxygen atoms in total. The fourth-order valence-corrected chi connectivity index (χ4v) is 2.30. The van der Waals surface area contributed by atoms with Crippen LogP contribution in [0.5, 0.6) is 0 Å². The van der Waals surface area contributed by atoms with Gasteiger partial charge in [-0.2, -0.15) is 0 Å². The minimum absolute atomic E-state index is 0.361. The molecule has 1 rings (SSSR count). The topological polar surface area (TPSA) is 29.1 Å². The average molecular weight is 183 g/mol. The predicted octanol–water partition coefficient (Wildman–Crippen LogP) is 1.99. The molecule has 1 aliphatic carbocycles. The molecule has 1 aliphatic rings. The highest BCUT2D eigenvalue weighted by Gasteiger charge is 2.30. The molecule has 2 heteroatoms. The van der Waals surface area contributed by atoms with E-state index < -0.39 is 0 Å². The molecule has 1 N–H and O–H groups in total. The average Bonchev–Trinajstić information content (AvgIpc) is 2.56. The van der Waals surface area contributed by atoms with E-state index >= 15 is 0 Å². The Hall–Kier alpha value is -0.370. The Balaban J connectivity index is 2.30. The van der Waals surface area contributed by atoms with Crippen molar-refractivity contribution in [1.29, 1.82) is 0 Å². The Kier molecular flexibility index (Phi) is 3.91. The lowest BCUT2D eigenvalue weighted by Crippen LogP contribution is -2.35. The molecule has 0 radical (unpaired) electrons. The third kappa shape index (κ3) is 3.11. The standard InChI is InChI=1S/C11H21NO/c1-11(2,9-12-7-8-13)10-5-3-4-6-10/h8,10,12H,3-7,9H2,1-2H3. The summed E-state index contributed by atoms with van der Waals surface area (Å²) in [6, 6.07) is 0. The van der Waals surface area contributed by atoms with E-state index in [1.54, 1.807) is 0 Å². The minimum atomic E-state index is 0.361. The molecule has 0 bridgehead atoms. The number of carbonyl (C=O) groups is 1. The van der Waals surface area contributed by atoms with E-state index in [0.29, 0.717) is 12.0 Å². The molecule has 13 heavy (non-hydrogen) atoms. The van der Waals surface area contributed by atoms with Gasteiger partial charge in [0.25, 0.3) is 0 Å². The lowest BCUT2D eigenvalue weighted by atomic mass is 9.78. The highest BCUT2D eigenvalue weighted by atomic mass is 16.1. The fourth-order valence-electron chi connectivity index (χ4n) is 2.30. The molecule has 76 valence electrons. The van der Waals surface area contributed by atoms with Crippen LogP contribution in [0.2, 0.25) is 0 Å². The molecule has 0 spiro atoms. The SMILES string of the molecule is CC(C)(CNCC=O)C1CCCC1. The molecule has 1 fully saturated rings. The van der Waals surface area contributed by atoms with Gasteiger partial charge in [-0.25, -0.2) is 0 Å². The van der Waals surface area contributed by atoms with Gasteiger partial charge in [0.05, 0.1) is 6.54 Å². The molecule has 0 heterocycles. The molecule has 0 amide bonds. The van der Waals surface area contributed by atoms with E-state index in [4.69, 9.17) is 0 Å². The maximum atomic E-state index is 10.1. The fraction of sp³-hybridized carbons (Fsp3) is 0.909. The molecule has 0 unspecified atom stereocenters. The minimum Gasteiger partial charge on any atom is -0.310 e. The molecule has 0 aromatic heterocycles. The van der Waals surface area contributed by atoms with Crippen LogP contribution in [0.3, 0.4) is 0 Å². The van der Waals surface area contributed by atoms with Crippen molar-refractivity contribution >= 4 is 6.29 Å². The summed E-state index contributed by atoms with van der Waals surface area (Å²) in [4.78, 5) is 10.1. The van der Waals surface area contributed by atoms with Gasteiger partial charge >= 0.3 is 0 Å². The van der Waals surface area contributed by atoms with Gasteiger partial charge in [-0.1, -0.05) is 26.7 Å². The zero-order valence-corrected chi connectivity index (χ0v) is 8.81. The molecule has 0 saturated heterocycles. The van der Waals surface area contributed by atoms with Gasteiger partial charge in [-0.3, -0.25) is 0 Å². The second-order valence-electron chi connectivity index (χ2n) is 4.77. The summed E-state index contributed by atoms with van der Waals surface area (Å²) < 4.78 is 0. The van der Waals surface area contributed by atoms with Crippen molar-refractivity contribution in [3.05, 3.63) is 0 Å². The van der Waals surface area contributed by atoms with E-state index in [-0.39, 0.29) is 0 Å². The highest BCUT2D eigenvalue weighted by molar-refractivity contribution is 5.51. The van der Waals surface area contributed by atoms with Crippen LogP contribution in [0.15, 0.2) is 0 Å². The van der Waals surface area contributed by atoms with E-state index in [9.17, 15) is 4.79 Å². The zero-order chi connectivity index (χ0) is 9.73. The molecule has 0 aromatic rings. The number of hydrogen-bond donors (Lipinski definition) is 1. The molecule has 0 atom stereocenters. The first-order chi connectivity index (χ1) is 6.17. The predicted molar refractivity (Wildman–Crippen MR) is 54.7 cm³/mol. The van der Waals surface area contributed by atoms with Gasteiger partial charge in [0.1, 0.15) is 6.29 Å². The quantitative estimate of drug-likeness (QED) is 0.521. The van der Waals surface area contributed by atoms with Crippen LogP contribution in [0.4, 0.5) is 0 Å². The van der Waals surface area contributed by atoms with E-state index in [2.05, 4.69) is 19.2 Å². The summed E-state index contributed by atoms with van der Waals surface area (Å²) in [5.41, 5.74) is 0.361. The van der Waals surface area contributed by atoms with Crippen molar-refractivity contribution in [2.45, 2.75) is 39.5 Å². The number of hydrogen-bond acceptors (Lipinski definition) is 2. The first-order valence-electron chi connectivity index (χ1n) is 5.31. The van der Waals surface area contributed by atoms with Crippen molar-refractivity contribution in [3.8, 4) is 0 Å². The van der Waals surface area contributed by atoms with Gasteiger partial charge in [-0.15, -0.1) is 0 Å².